The number of carbonyl (C=O) groups excluding carboxylic acids is 1. The zero-order chi connectivity index (χ0) is 9.19. The van der Waals surface area contributed by atoms with Crippen LogP contribution in [0.25, 0.3) is 0 Å². The molecule has 0 aromatic heterocycles. The SMILES string of the molecule is CCOC(=O)C1=CNC(C)(S)N1. The Morgan fingerprint density at radius 2 is 2.50 bits per heavy atom. The van der Waals surface area contributed by atoms with Crippen molar-refractivity contribution in [2.24, 2.45) is 0 Å². The highest BCUT2D eigenvalue weighted by molar-refractivity contribution is 7.81. The number of hydrogen-bond acceptors (Lipinski definition) is 5. The van der Waals surface area contributed by atoms with Gasteiger partial charge in [0.05, 0.1) is 6.61 Å². The quantitative estimate of drug-likeness (QED) is 0.427. The molecule has 0 aromatic carbocycles. The van der Waals surface area contributed by atoms with Gasteiger partial charge in [0.25, 0.3) is 0 Å². The van der Waals surface area contributed by atoms with E-state index in [0.29, 0.717) is 12.3 Å². The first kappa shape index (κ1) is 9.25. The molecule has 0 radical (unpaired) electrons. The molecule has 0 aliphatic carbocycles. The van der Waals surface area contributed by atoms with E-state index in [4.69, 9.17) is 4.74 Å². The van der Waals surface area contributed by atoms with E-state index >= 15 is 0 Å². The van der Waals surface area contributed by atoms with Crippen LogP contribution in [-0.2, 0) is 9.53 Å². The fourth-order valence-corrected chi connectivity index (χ4v) is 1.05. The monoisotopic (exact) mass is 188 g/mol. The van der Waals surface area contributed by atoms with Gasteiger partial charge in [-0.3, -0.25) is 0 Å². The van der Waals surface area contributed by atoms with Crippen molar-refractivity contribution in [3.8, 4) is 0 Å². The molecule has 0 fully saturated rings. The Morgan fingerprint density at radius 1 is 1.83 bits per heavy atom. The van der Waals surface area contributed by atoms with E-state index in [-0.39, 0.29) is 5.97 Å². The molecular weight excluding hydrogens is 176 g/mol. The molecule has 0 spiro atoms. The van der Waals surface area contributed by atoms with Gasteiger partial charge in [0.15, 0.2) is 4.99 Å². The van der Waals surface area contributed by atoms with E-state index in [0.717, 1.165) is 0 Å². The number of rotatable bonds is 2. The summed E-state index contributed by atoms with van der Waals surface area (Å²) in [4.78, 5) is 10.6. The molecule has 1 unspecified atom stereocenters. The van der Waals surface area contributed by atoms with Crippen molar-refractivity contribution in [3.63, 3.8) is 0 Å². The van der Waals surface area contributed by atoms with Crippen LogP contribution in [0.5, 0.6) is 0 Å². The van der Waals surface area contributed by atoms with Crippen LogP contribution >= 0.6 is 12.6 Å². The van der Waals surface area contributed by atoms with E-state index in [2.05, 4.69) is 23.3 Å². The highest BCUT2D eigenvalue weighted by Gasteiger charge is 2.27. The highest BCUT2D eigenvalue weighted by Crippen LogP contribution is 2.14. The second-order valence-electron chi connectivity index (χ2n) is 2.62. The molecule has 1 heterocycles. The summed E-state index contributed by atoms with van der Waals surface area (Å²) in [5.41, 5.74) is 0.411. The van der Waals surface area contributed by atoms with Gasteiger partial charge < -0.3 is 15.4 Å². The molecule has 1 rings (SSSR count). The van der Waals surface area contributed by atoms with Crippen molar-refractivity contribution in [3.05, 3.63) is 11.9 Å². The standard InChI is InChI=1S/C7H12N2O2S/c1-3-11-6(10)5-4-8-7(2,12)9-5/h4,8-9,12H,3H2,1-2H3. The molecule has 68 valence electrons. The van der Waals surface area contributed by atoms with Gasteiger partial charge in [0, 0.05) is 6.20 Å². The van der Waals surface area contributed by atoms with E-state index in [1.54, 1.807) is 20.0 Å². The number of ether oxygens (including phenoxy) is 1. The minimum absolute atomic E-state index is 0.359. The van der Waals surface area contributed by atoms with E-state index in [1.165, 1.54) is 0 Å². The zero-order valence-corrected chi connectivity index (χ0v) is 7.94. The molecule has 1 atom stereocenters. The number of carbonyl (C=O) groups is 1. The molecular formula is C7H12N2O2S. The molecule has 0 aromatic rings. The largest absolute Gasteiger partial charge is 0.461 e. The van der Waals surface area contributed by atoms with E-state index in [1.807, 2.05) is 0 Å². The highest BCUT2D eigenvalue weighted by atomic mass is 32.1. The van der Waals surface area contributed by atoms with Crippen molar-refractivity contribution in [2.45, 2.75) is 18.8 Å². The maximum atomic E-state index is 11.1. The molecule has 5 heteroatoms. The third-order valence-corrected chi connectivity index (χ3v) is 1.61. The van der Waals surface area contributed by atoms with Crippen LogP contribution in [0.1, 0.15) is 13.8 Å². The van der Waals surface area contributed by atoms with Crippen molar-refractivity contribution >= 4 is 18.6 Å². The number of nitrogens with one attached hydrogen (secondary N) is 2. The minimum atomic E-state index is -0.553. The normalized spacial score (nSPS) is 27.1. The van der Waals surface area contributed by atoms with Gasteiger partial charge in [-0.15, -0.1) is 12.6 Å². The summed E-state index contributed by atoms with van der Waals surface area (Å²) in [6.07, 6.45) is 1.56. The van der Waals surface area contributed by atoms with E-state index in [9.17, 15) is 4.79 Å². The Labute approximate surface area is 76.8 Å². The lowest BCUT2D eigenvalue weighted by Crippen LogP contribution is -2.41. The number of hydrogen-bond donors (Lipinski definition) is 3. The van der Waals surface area contributed by atoms with Crippen LogP contribution in [0.4, 0.5) is 0 Å². The first-order valence-electron chi connectivity index (χ1n) is 3.70. The smallest absolute Gasteiger partial charge is 0.355 e. The number of esters is 1. The summed E-state index contributed by atoms with van der Waals surface area (Å²) in [6.45, 7) is 3.95. The molecule has 1 aliphatic rings. The average Bonchev–Trinajstić information content (AvgIpc) is 2.31. The third-order valence-electron chi connectivity index (χ3n) is 1.37. The van der Waals surface area contributed by atoms with E-state index < -0.39 is 4.99 Å². The second-order valence-corrected chi connectivity index (χ2v) is 3.51. The molecule has 4 nitrogen and oxygen atoms in total. The summed E-state index contributed by atoms with van der Waals surface area (Å²) in [5, 5.41) is 5.73. The van der Waals surface area contributed by atoms with Gasteiger partial charge in [-0.05, 0) is 13.8 Å². The molecule has 2 N–H and O–H groups in total. The van der Waals surface area contributed by atoms with Crippen molar-refractivity contribution in [1.29, 1.82) is 0 Å². The lowest BCUT2D eigenvalue weighted by molar-refractivity contribution is -0.138. The van der Waals surface area contributed by atoms with Crippen molar-refractivity contribution in [2.75, 3.05) is 6.61 Å². The Kier molecular flexibility index (Phi) is 2.52. The van der Waals surface area contributed by atoms with Crippen LogP contribution in [0.15, 0.2) is 11.9 Å². The molecule has 12 heavy (non-hydrogen) atoms. The minimum Gasteiger partial charge on any atom is -0.461 e. The first-order chi connectivity index (χ1) is 5.55. The number of thiol groups is 1. The van der Waals surface area contributed by atoms with Crippen LogP contribution in [-0.4, -0.2) is 17.6 Å². The molecule has 1 aliphatic heterocycles. The molecule has 0 saturated heterocycles. The van der Waals surface area contributed by atoms with Crippen LogP contribution in [0.3, 0.4) is 0 Å². The summed E-state index contributed by atoms with van der Waals surface area (Å²) >= 11 is 4.19. The van der Waals surface area contributed by atoms with Gasteiger partial charge >= 0.3 is 5.97 Å². The average molecular weight is 188 g/mol. The third kappa shape index (κ3) is 2.07. The predicted molar refractivity (Wildman–Crippen MR) is 48.4 cm³/mol. The molecule has 0 amide bonds. The Hall–Kier alpha value is -0.840. The Morgan fingerprint density at radius 3 is 2.92 bits per heavy atom. The van der Waals surface area contributed by atoms with Crippen LogP contribution in [0, 0.1) is 0 Å². The van der Waals surface area contributed by atoms with Gasteiger partial charge in [-0.1, -0.05) is 0 Å². The predicted octanol–water partition coefficient (Wildman–Crippen LogP) is 0.187. The summed E-state index contributed by atoms with van der Waals surface area (Å²) in [6, 6.07) is 0. The first-order valence-corrected chi connectivity index (χ1v) is 4.15. The van der Waals surface area contributed by atoms with Gasteiger partial charge in [-0.2, -0.15) is 0 Å². The van der Waals surface area contributed by atoms with Crippen molar-refractivity contribution < 1.29 is 9.53 Å². The molecule has 0 saturated carbocycles. The van der Waals surface area contributed by atoms with Crippen LogP contribution < -0.4 is 10.6 Å². The summed E-state index contributed by atoms with van der Waals surface area (Å²) in [7, 11) is 0. The molecule has 0 bridgehead atoms. The Bertz CT molecular complexity index is 225. The van der Waals surface area contributed by atoms with Gasteiger partial charge in [-0.25, -0.2) is 4.79 Å². The summed E-state index contributed by atoms with van der Waals surface area (Å²) < 4.78 is 4.78. The van der Waals surface area contributed by atoms with Crippen molar-refractivity contribution in [1.82, 2.24) is 10.6 Å². The zero-order valence-electron chi connectivity index (χ0n) is 7.05. The van der Waals surface area contributed by atoms with Gasteiger partial charge in [0.2, 0.25) is 0 Å². The van der Waals surface area contributed by atoms with Gasteiger partial charge in [0.1, 0.15) is 5.70 Å². The lowest BCUT2D eigenvalue weighted by Gasteiger charge is -2.19. The summed E-state index contributed by atoms with van der Waals surface area (Å²) in [5.74, 6) is -0.359. The second kappa shape index (κ2) is 3.26. The van der Waals surface area contributed by atoms with Crippen LogP contribution in [0.2, 0.25) is 0 Å². The fraction of sp³-hybridized carbons (Fsp3) is 0.571. The Balaban J connectivity index is 2.51. The topological polar surface area (TPSA) is 50.4 Å². The maximum absolute atomic E-state index is 11.1. The fourth-order valence-electron chi connectivity index (χ4n) is 0.866. The lowest BCUT2D eigenvalue weighted by atomic mass is 10.5. The maximum Gasteiger partial charge on any atom is 0.355 e.